The molecule has 2 aliphatic rings. The predicted molar refractivity (Wildman–Crippen MR) is 137 cm³/mol. The summed E-state index contributed by atoms with van der Waals surface area (Å²) in [5.41, 5.74) is 1.12. The fourth-order valence-corrected chi connectivity index (χ4v) is 4.93. The number of nitrogens with zero attached hydrogens (tertiary/aromatic N) is 4. The second-order valence-corrected chi connectivity index (χ2v) is 10.1. The molecule has 1 aliphatic heterocycles. The number of anilines is 3. The first-order valence-corrected chi connectivity index (χ1v) is 12.5. The lowest BCUT2D eigenvalue weighted by Crippen LogP contribution is -2.36. The van der Waals surface area contributed by atoms with Crippen molar-refractivity contribution in [3.8, 4) is 11.5 Å². The van der Waals surface area contributed by atoms with Gasteiger partial charge in [-0.05, 0) is 76.8 Å². The van der Waals surface area contributed by atoms with E-state index in [0.29, 0.717) is 11.7 Å². The number of piperidine rings is 1. The minimum absolute atomic E-state index is 0.228. The molecule has 0 unspecified atom stereocenters. The number of methoxy groups -OCH3 is 1. The molecule has 1 saturated carbocycles. The van der Waals surface area contributed by atoms with Crippen LogP contribution in [0.15, 0.2) is 36.5 Å². The molecular formula is C26H36N6O3. The molecular weight excluding hydrogens is 444 g/mol. The molecule has 3 heterocycles. The Labute approximate surface area is 206 Å². The topological polar surface area (TPSA) is 96.2 Å². The van der Waals surface area contributed by atoms with Crippen LogP contribution >= 0.6 is 0 Å². The number of fused-ring (bicyclic) bond motifs is 1. The highest BCUT2D eigenvalue weighted by Crippen LogP contribution is 2.33. The second-order valence-electron chi connectivity index (χ2n) is 10.1. The average Bonchev–Trinajstić information content (AvgIpc) is 3.32. The highest BCUT2D eigenvalue weighted by atomic mass is 16.5. The maximum absolute atomic E-state index is 10.3. The van der Waals surface area contributed by atoms with Gasteiger partial charge in [0.15, 0.2) is 5.82 Å². The second kappa shape index (κ2) is 9.91. The van der Waals surface area contributed by atoms with Crippen molar-refractivity contribution < 1.29 is 14.6 Å². The van der Waals surface area contributed by atoms with E-state index in [-0.39, 0.29) is 12.1 Å². The Bertz CT molecular complexity index is 1150. The van der Waals surface area contributed by atoms with E-state index in [1.54, 1.807) is 7.11 Å². The third-order valence-corrected chi connectivity index (χ3v) is 7.18. The lowest BCUT2D eigenvalue weighted by Gasteiger charge is -2.33. The molecule has 35 heavy (non-hydrogen) atoms. The van der Waals surface area contributed by atoms with E-state index in [4.69, 9.17) is 14.5 Å². The van der Waals surface area contributed by atoms with Crippen molar-refractivity contribution in [3.63, 3.8) is 0 Å². The minimum atomic E-state index is -0.569. The molecule has 1 aliphatic carbocycles. The Balaban J connectivity index is 1.32. The SMILES string of the molecule is COc1cc(OC2CCN(C)CC2)ccc1Nc1nc(N[C@H]2CC[C@](C)(O)CC2)c2cccn2n1. The van der Waals surface area contributed by atoms with E-state index < -0.39 is 5.60 Å². The molecule has 2 aromatic heterocycles. The summed E-state index contributed by atoms with van der Waals surface area (Å²) < 4.78 is 13.7. The molecule has 5 rings (SSSR count). The smallest absolute Gasteiger partial charge is 0.247 e. The van der Waals surface area contributed by atoms with Crippen LogP contribution in [0.2, 0.25) is 0 Å². The van der Waals surface area contributed by atoms with E-state index in [2.05, 4.69) is 27.7 Å². The molecule has 0 amide bonds. The molecule has 0 radical (unpaired) electrons. The maximum atomic E-state index is 10.3. The zero-order valence-corrected chi connectivity index (χ0v) is 20.8. The van der Waals surface area contributed by atoms with Gasteiger partial charge in [0.1, 0.15) is 23.1 Å². The first kappa shape index (κ1) is 23.7. The van der Waals surface area contributed by atoms with Gasteiger partial charge >= 0.3 is 0 Å². The quantitative estimate of drug-likeness (QED) is 0.466. The monoisotopic (exact) mass is 480 g/mol. The summed E-state index contributed by atoms with van der Waals surface area (Å²) in [6, 6.07) is 10.1. The molecule has 0 spiro atoms. The van der Waals surface area contributed by atoms with Gasteiger partial charge < -0.3 is 30.1 Å². The summed E-state index contributed by atoms with van der Waals surface area (Å²) in [4.78, 5) is 7.12. The lowest BCUT2D eigenvalue weighted by molar-refractivity contribution is 0.0196. The molecule has 1 saturated heterocycles. The van der Waals surface area contributed by atoms with Gasteiger partial charge in [0, 0.05) is 31.4 Å². The number of nitrogens with one attached hydrogen (secondary N) is 2. The maximum Gasteiger partial charge on any atom is 0.247 e. The van der Waals surface area contributed by atoms with Crippen LogP contribution in [0, 0.1) is 0 Å². The van der Waals surface area contributed by atoms with Crippen molar-refractivity contribution in [2.24, 2.45) is 0 Å². The number of aliphatic hydroxyl groups is 1. The predicted octanol–water partition coefficient (Wildman–Crippen LogP) is 4.06. The van der Waals surface area contributed by atoms with E-state index in [1.807, 2.05) is 48.0 Å². The largest absolute Gasteiger partial charge is 0.494 e. The zero-order chi connectivity index (χ0) is 24.4. The van der Waals surface area contributed by atoms with Crippen molar-refractivity contribution >= 4 is 23.0 Å². The molecule has 1 aromatic carbocycles. The van der Waals surface area contributed by atoms with Crippen LogP contribution in [0.5, 0.6) is 11.5 Å². The van der Waals surface area contributed by atoms with Crippen LogP contribution in [0.25, 0.3) is 5.52 Å². The number of likely N-dealkylation sites (tertiary alicyclic amines) is 1. The summed E-state index contributed by atoms with van der Waals surface area (Å²) in [7, 11) is 3.80. The minimum Gasteiger partial charge on any atom is -0.494 e. The Morgan fingerprint density at radius 1 is 1.11 bits per heavy atom. The van der Waals surface area contributed by atoms with Crippen LogP contribution in [0.4, 0.5) is 17.5 Å². The number of aromatic nitrogens is 3. The Kier molecular flexibility index (Phi) is 6.71. The van der Waals surface area contributed by atoms with Gasteiger partial charge in [0.2, 0.25) is 5.95 Å². The van der Waals surface area contributed by atoms with Crippen molar-refractivity contribution in [2.75, 3.05) is 37.9 Å². The van der Waals surface area contributed by atoms with Crippen LogP contribution in [-0.2, 0) is 0 Å². The first-order valence-electron chi connectivity index (χ1n) is 12.5. The van der Waals surface area contributed by atoms with Crippen LogP contribution in [-0.4, -0.2) is 69.6 Å². The summed E-state index contributed by atoms with van der Waals surface area (Å²) in [5, 5.41) is 21.8. The highest BCUT2D eigenvalue weighted by Gasteiger charge is 2.29. The lowest BCUT2D eigenvalue weighted by atomic mass is 9.84. The van der Waals surface area contributed by atoms with E-state index in [1.165, 1.54) is 0 Å². The zero-order valence-electron chi connectivity index (χ0n) is 20.8. The molecule has 9 nitrogen and oxygen atoms in total. The molecule has 188 valence electrons. The standard InChI is InChI=1S/C26H36N6O3/c1-26(33)12-8-18(9-13-26)27-24-22-5-4-14-32(22)30-25(29-24)28-21-7-6-20(17-23(21)34-3)35-19-10-15-31(2)16-11-19/h4-7,14,17-19,33H,8-13,15-16H2,1-3H3,(H2,27,28,29,30)/t18-,26-. The average molecular weight is 481 g/mol. The normalized spacial score (nSPS) is 23.8. The van der Waals surface area contributed by atoms with Gasteiger partial charge in [-0.25, -0.2) is 4.52 Å². The molecule has 3 N–H and O–H groups in total. The van der Waals surface area contributed by atoms with Crippen molar-refractivity contribution in [1.82, 2.24) is 19.5 Å². The molecule has 0 bridgehead atoms. The van der Waals surface area contributed by atoms with Gasteiger partial charge in [0.25, 0.3) is 0 Å². The summed E-state index contributed by atoms with van der Waals surface area (Å²) in [5.74, 6) is 2.73. The third kappa shape index (κ3) is 5.62. The van der Waals surface area contributed by atoms with E-state index in [0.717, 1.165) is 74.4 Å². The van der Waals surface area contributed by atoms with Crippen molar-refractivity contribution in [3.05, 3.63) is 36.5 Å². The summed E-state index contributed by atoms with van der Waals surface area (Å²) >= 11 is 0. The third-order valence-electron chi connectivity index (χ3n) is 7.18. The molecule has 3 aromatic rings. The highest BCUT2D eigenvalue weighted by molar-refractivity contribution is 5.71. The fraction of sp³-hybridized carbons (Fsp3) is 0.538. The van der Waals surface area contributed by atoms with Gasteiger partial charge in [-0.15, -0.1) is 5.10 Å². The van der Waals surface area contributed by atoms with Gasteiger partial charge in [0.05, 0.1) is 18.4 Å². The van der Waals surface area contributed by atoms with Gasteiger partial charge in [-0.2, -0.15) is 4.98 Å². The number of benzene rings is 1. The van der Waals surface area contributed by atoms with Crippen molar-refractivity contribution in [2.45, 2.75) is 63.2 Å². The molecule has 2 fully saturated rings. The van der Waals surface area contributed by atoms with Crippen LogP contribution in [0.1, 0.15) is 45.4 Å². The van der Waals surface area contributed by atoms with Crippen LogP contribution in [0.3, 0.4) is 0 Å². The number of ether oxygens (including phenoxy) is 2. The van der Waals surface area contributed by atoms with E-state index >= 15 is 0 Å². The van der Waals surface area contributed by atoms with Crippen LogP contribution < -0.4 is 20.1 Å². The number of rotatable bonds is 7. The Morgan fingerprint density at radius 2 is 1.89 bits per heavy atom. The number of hydrogen-bond acceptors (Lipinski definition) is 8. The van der Waals surface area contributed by atoms with Gasteiger partial charge in [-0.1, -0.05) is 0 Å². The molecule has 9 heteroatoms. The van der Waals surface area contributed by atoms with Gasteiger partial charge in [-0.3, -0.25) is 0 Å². The Morgan fingerprint density at radius 3 is 2.63 bits per heavy atom. The summed E-state index contributed by atoms with van der Waals surface area (Å²) in [6.45, 7) is 4.02. The first-order chi connectivity index (χ1) is 16.9. The van der Waals surface area contributed by atoms with Crippen molar-refractivity contribution in [1.29, 1.82) is 0 Å². The summed E-state index contributed by atoms with van der Waals surface area (Å²) in [6.07, 6.45) is 7.55. The number of hydrogen-bond donors (Lipinski definition) is 3. The Hall–Kier alpha value is -3.04. The van der Waals surface area contributed by atoms with E-state index in [9.17, 15) is 5.11 Å². The molecule has 0 atom stereocenters. The fourth-order valence-electron chi connectivity index (χ4n) is 4.93.